The van der Waals surface area contributed by atoms with Crippen LogP contribution in [0.3, 0.4) is 0 Å². The predicted molar refractivity (Wildman–Crippen MR) is 90.5 cm³/mol. The Kier molecular flexibility index (Phi) is 8.85. The molecule has 2 aromatic rings. The molecule has 0 spiro atoms. The Morgan fingerprint density at radius 3 is 1.65 bits per heavy atom. The van der Waals surface area contributed by atoms with Gasteiger partial charge in [0.25, 0.3) is 0 Å². The van der Waals surface area contributed by atoms with Crippen molar-refractivity contribution in [1.82, 2.24) is 9.97 Å². The largest absolute Gasteiger partial charge is 0.255 e. The molecule has 108 valence electrons. The van der Waals surface area contributed by atoms with Crippen molar-refractivity contribution in [2.45, 2.75) is 24.2 Å². The van der Waals surface area contributed by atoms with Gasteiger partial charge in [-0.15, -0.1) is 0 Å². The van der Waals surface area contributed by atoms with Gasteiger partial charge < -0.3 is 0 Å². The summed E-state index contributed by atoms with van der Waals surface area (Å²) in [5.41, 5.74) is 1.83. The molecule has 0 saturated carbocycles. The fourth-order valence-corrected chi connectivity index (χ4v) is 6.25. The number of unbranched alkanes of at least 4 members (excludes halogenated alkanes) is 1. The van der Waals surface area contributed by atoms with E-state index in [-0.39, 0.29) is 0 Å². The van der Waals surface area contributed by atoms with E-state index in [1.54, 1.807) is 12.4 Å². The molecule has 0 N–H and O–H groups in total. The Labute approximate surface area is 135 Å². The van der Waals surface area contributed by atoms with Crippen molar-refractivity contribution in [2.75, 3.05) is 0 Å². The van der Waals surface area contributed by atoms with Crippen LogP contribution in [-0.2, 0) is 0 Å². The normalized spacial score (nSPS) is 10.6. The van der Waals surface area contributed by atoms with Gasteiger partial charge in [-0.05, 0) is 24.3 Å². The zero-order chi connectivity index (χ0) is 14.8. The summed E-state index contributed by atoms with van der Waals surface area (Å²) in [7, 11) is 17.0. The quantitative estimate of drug-likeness (QED) is 0.582. The van der Waals surface area contributed by atoms with Gasteiger partial charge in [-0.1, -0.05) is 12.1 Å². The zero-order valence-electron chi connectivity index (χ0n) is 11.3. The molecule has 0 bridgehead atoms. The molecule has 0 aliphatic heterocycles. The summed E-state index contributed by atoms with van der Waals surface area (Å²) in [6, 6.07) is 11.6. The van der Waals surface area contributed by atoms with Crippen LogP contribution in [0.1, 0.15) is 19.8 Å². The zero-order valence-corrected chi connectivity index (χ0v) is 16.4. The van der Waals surface area contributed by atoms with E-state index in [2.05, 4.69) is 16.9 Å². The molecule has 2 rings (SSSR count). The molecule has 0 radical (unpaired) electrons. The Balaban J connectivity index is 0.000000221. The molecule has 0 aliphatic rings. The molecule has 2 aromatic heterocycles. The van der Waals surface area contributed by atoms with Crippen LogP contribution in [0.2, 0.25) is 4.44 Å². The van der Waals surface area contributed by atoms with Crippen molar-refractivity contribution in [3.05, 3.63) is 48.8 Å². The van der Waals surface area contributed by atoms with Gasteiger partial charge in [-0.2, -0.15) is 0 Å². The Morgan fingerprint density at radius 2 is 1.40 bits per heavy atom. The molecule has 0 atom stereocenters. The van der Waals surface area contributed by atoms with Gasteiger partial charge in [0.1, 0.15) is 0 Å². The van der Waals surface area contributed by atoms with Crippen LogP contribution in [0.25, 0.3) is 11.4 Å². The Bertz CT molecular complexity index is 437. The second kappa shape index (κ2) is 9.82. The fourth-order valence-electron chi connectivity index (χ4n) is 1.41. The first kappa shape index (κ1) is 18.0. The van der Waals surface area contributed by atoms with Crippen molar-refractivity contribution in [3.8, 4) is 11.4 Å². The maximum Gasteiger partial charge on any atom is 0.0886 e. The molecule has 2 heterocycles. The first-order chi connectivity index (χ1) is 9.53. The Hall–Kier alpha value is -0.0313. The standard InChI is InChI=1S/C10H8N2.C4H9.3ClH.Sn/c1-3-7-11-9(5-1)10-6-2-4-8-12-10;1-3-4-2;;;;/h1-8H;1,3-4H2,2H3;3*1H;/q;;;;;+3/p-3. The minimum Gasteiger partial charge on any atom is -0.255 e. The number of nitrogens with zero attached hydrogens (tertiary/aromatic N) is 2. The van der Waals surface area contributed by atoms with Gasteiger partial charge in [0.05, 0.1) is 11.4 Å². The Morgan fingerprint density at radius 1 is 0.900 bits per heavy atom. The van der Waals surface area contributed by atoms with Gasteiger partial charge in [-0.25, -0.2) is 0 Å². The van der Waals surface area contributed by atoms with Crippen molar-refractivity contribution < 1.29 is 0 Å². The van der Waals surface area contributed by atoms with Gasteiger partial charge in [0.15, 0.2) is 0 Å². The third kappa shape index (κ3) is 8.30. The summed E-state index contributed by atoms with van der Waals surface area (Å²) in [4.78, 5) is 8.37. The summed E-state index contributed by atoms with van der Waals surface area (Å²) in [6.07, 6.45) is 5.74. The first-order valence-corrected chi connectivity index (χ1v) is 19.3. The van der Waals surface area contributed by atoms with Crippen molar-refractivity contribution >= 4 is 41.8 Å². The summed E-state index contributed by atoms with van der Waals surface area (Å²) < 4.78 is 0.871. The molecule has 20 heavy (non-hydrogen) atoms. The minimum absolute atomic E-state index is 0.871. The molecule has 6 heteroatoms. The molecular formula is C14H17Cl3N2Sn. The average Bonchev–Trinajstić information content (AvgIpc) is 2.47. The van der Waals surface area contributed by atoms with E-state index in [9.17, 15) is 0 Å². The van der Waals surface area contributed by atoms with Crippen LogP contribution in [0.4, 0.5) is 0 Å². The number of rotatable bonds is 4. The van der Waals surface area contributed by atoms with Gasteiger partial charge in [0, 0.05) is 12.4 Å². The van der Waals surface area contributed by atoms with Crippen LogP contribution in [0.15, 0.2) is 48.8 Å². The minimum atomic E-state index is -2.89. The van der Waals surface area contributed by atoms with E-state index in [4.69, 9.17) is 26.8 Å². The molecule has 0 unspecified atom stereocenters. The number of pyridine rings is 2. The van der Waals surface area contributed by atoms with Crippen molar-refractivity contribution in [2.24, 2.45) is 0 Å². The van der Waals surface area contributed by atoms with E-state index in [0.717, 1.165) is 28.7 Å². The van der Waals surface area contributed by atoms with Crippen LogP contribution in [0.5, 0.6) is 0 Å². The van der Waals surface area contributed by atoms with Gasteiger partial charge in [-0.3, -0.25) is 9.97 Å². The topological polar surface area (TPSA) is 25.8 Å². The molecule has 0 saturated heterocycles. The molecule has 2 nitrogen and oxygen atoms in total. The van der Waals surface area contributed by atoms with Crippen molar-refractivity contribution in [3.63, 3.8) is 0 Å². The van der Waals surface area contributed by atoms with E-state index >= 15 is 0 Å². The van der Waals surface area contributed by atoms with E-state index in [1.165, 1.54) is 0 Å². The number of hydrogen-bond donors (Lipinski definition) is 0. The molecular weight excluding hydrogens is 421 g/mol. The van der Waals surface area contributed by atoms with Crippen molar-refractivity contribution in [1.29, 1.82) is 0 Å². The molecule has 0 fully saturated rings. The number of hydrogen-bond acceptors (Lipinski definition) is 2. The first-order valence-electron chi connectivity index (χ1n) is 6.42. The van der Waals surface area contributed by atoms with E-state index < -0.39 is 15.0 Å². The summed E-state index contributed by atoms with van der Waals surface area (Å²) in [5, 5.41) is 0. The second-order valence-corrected chi connectivity index (χ2v) is 26.0. The third-order valence-electron chi connectivity index (χ3n) is 2.41. The molecule has 0 aliphatic carbocycles. The second-order valence-electron chi connectivity index (χ2n) is 4.15. The number of aromatic nitrogens is 2. The van der Waals surface area contributed by atoms with Crippen LogP contribution >= 0.6 is 26.8 Å². The third-order valence-corrected chi connectivity index (χ3v) is 8.84. The maximum absolute atomic E-state index is 5.65. The van der Waals surface area contributed by atoms with E-state index in [1.807, 2.05) is 36.4 Å². The summed E-state index contributed by atoms with van der Waals surface area (Å²) in [6.45, 7) is 2.10. The van der Waals surface area contributed by atoms with Crippen LogP contribution < -0.4 is 0 Å². The smallest absolute Gasteiger partial charge is 0.0886 e. The van der Waals surface area contributed by atoms with Gasteiger partial charge >= 0.3 is 66.0 Å². The maximum atomic E-state index is 5.65. The van der Waals surface area contributed by atoms with Gasteiger partial charge in [0.2, 0.25) is 0 Å². The average molecular weight is 438 g/mol. The molecule has 0 amide bonds. The molecule has 0 aromatic carbocycles. The fraction of sp³-hybridized carbons (Fsp3) is 0.286. The summed E-state index contributed by atoms with van der Waals surface area (Å²) >= 11 is -2.89. The number of halogens is 3. The monoisotopic (exact) mass is 438 g/mol. The predicted octanol–water partition coefficient (Wildman–Crippen LogP) is 5.59. The van der Waals surface area contributed by atoms with Crippen LogP contribution in [0, 0.1) is 0 Å². The summed E-state index contributed by atoms with van der Waals surface area (Å²) in [5.74, 6) is 0. The SMILES string of the molecule is CCC[CH2][Sn]([Cl])([Cl])[Cl].c1ccc(-c2ccccn2)nc1. The van der Waals surface area contributed by atoms with Crippen LogP contribution in [-0.4, -0.2) is 25.0 Å². The van der Waals surface area contributed by atoms with E-state index in [0.29, 0.717) is 0 Å².